The minimum Gasteiger partial charge on any atom is -0.443 e. The first-order chi connectivity index (χ1) is 13.7. The lowest BCUT2D eigenvalue weighted by Gasteiger charge is -2.05. The van der Waals surface area contributed by atoms with Crippen LogP contribution >= 0.6 is 0 Å². The fourth-order valence-corrected chi connectivity index (χ4v) is 3.14. The summed E-state index contributed by atoms with van der Waals surface area (Å²) >= 11 is 0. The molecule has 5 rings (SSSR count). The van der Waals surface area contributed by atoms with Crippen molar-refractivity contribution in [1.82, 2.24) is 19.6 Å². The van der Waals surface area contributed by atoms with Gasteiger partial charge in [0.25, 0.3) is 0 Å². The highest BCUT2D eigenvalue weighted by Crippen LogP contribution is 2.33. The Morgan fingerprint density at radius 2 is 1.68 bits per heavy atom. The molecule has 0 fully saturated rings. The van der Waals surface area contributed by atoms with Crippen LogP contribution in [0.3, 0.4) is 0 Å². The van der Waals surface area contributed by atoms with Gasteiger partial charge in [-0.25, -0.2) is 13.8 Å². The van der Waals surface area contributed by atoms with Gasteiger partial charge in [-0.05, 0) is 24.3 Å². The zero-order chi connectivity index (χ0) is 19.1. The average molecular weight is 374 g/mol. The normalized spacial score (nSPS) is 11.2. The second kappa shape index (κ2) is 6.38. The van der Waals surface area contributed by atoms with Crippen molar-refractivity contribution < 1.29 is 13.2 Å². The molecule has 0 atom stereocenters. The molecule has 5 aromatic rings. The van der Waals surface area contributed by atoms with Gasteiger partial charge in [-0.1, -0.05) is 36.4 Å². The number of fused-ring (bicyclic) bond motifs is 1. The van der Waals surface area contributed by atoms with Gasteiger partial charge in [0.1, 0.15) is 5.69 Å². The van der Waals surface area contributed by atoms with Gasteiger partial charge >= 0.3 is 0 Å². The van der Waals surface area contributed by atoms with Crippen LogP contribution in [0.15, 0.2) is 77.7 Å². The van der Waals surface area contributed by atoms with Crippen molar-refractivity contribution in [2.24, 2.45) is 0 Å². The van der Waals surface area contributed by atoms with E-state index in [1.165, 1.54) is 18.5 Å². The molecule has 0 radical (unpaired) electrons. The SMILES string of the molecule is Fc1cccc(-c2ncoc2-c2ccc3nnc(-c4ccccc4)n3c2)c1F. The summed E-state index contributed by atoms with van der Waals surface area (Å²) in [5.74, 6) is -0.908. The third kappa shape index (κ3) is 2.56. The molecule has 136 valence electrons. The summed E-state index contributed by atoms with van der Waals surface area (Å²) in [5, 5.41) is 8.43. The second-order valence-corrected chi connectivity index (χ2v) is 6.17. The van der Waals surface area contributed by atoms with Crippen LogP contribution in [-0.4, -0.2) is 19.6 Å². The minimum absolute atomic E-state index is 0.0379. The van der Waals surface area contributed by atoms with E-state index in [0.29, 0.717) is 22.8 Å². The molecule has 0 unspecified atom stereocenters. The molecule has 3 aromatic heterocycles. The van der Waals surface area contributed by atoms with Gasteiger partial charge in [0.05, 0.1) is 0 Å². The number of nitrogens with zero attached hydrogens (tertiary/aromatic N) is 4. The number of halogens is 2. The summed E-state index contributed by atoms with van der Waals surface area (Å²) in [6.07, 6.45) is 3.00. The molecular formula is C21H12F2N4O. The molecule has 0 aliphatic rings. The van der Waals surface area contributed by atoms with Gasteiger partial charge in [-0.2, -0.15) is 0 Å². The van der Waals surface area contributed by atoms with Gasteiger partial charge < -0.3 is 4.42 Å². The quantitative estimate of drug-likeness (QED) is 0.446. The zero-order valence-corrected chi connectivity index (χ0v) is 14.4. The zero-order valence-electron chi connectivity index (χ0n) is 14.4. The number of rotatable bonds is 3. The van der Waals surface area contributed by atoms with Crippen LogP contribution in [-0.2, 0) is 0 Å². The first-order valence-electron chi connectivity index (χ1n) is 8.51. The third-order valence-electron chi connectivity index (χ3n) is 4.47. The van der Waals surface area contributed by atoms with Crippen LogP contribution < -0.4 is 0 Å². The topological polar surface area (TPSA) is 56.2 Å². The second-order valence-electron chi connectivity index (χ2n) is 6.17. The van der Waals surface area contributed by atoms with E-state index >= 15 is 0 Å². The molecular weight excluding hydrogens is 362 g/mol. The van der Waals surface area contributed by atoms with Crippen LogP contribution in [0.25, 0.3) is 39.6 Å². The Bertz CT molecular complexity index is 1290. The smallest absolute Gasteiger partial charge is 0.182 e. The van der Waals surface area contributed by atoms with Gasteiger partial charge in [0, 0.05) is 22.9 Å². The Morgan fingerprint density at radius 3 is 2.54 bits per heavy atom. The van der Waals surface area contributed by atoms with Crippen molar-refractivity contribution in [3.8, 4) is 34.0 Å². The summed E-state index contributed by atoms with van der Waals surface area (Å²) in [7, 11) is 0. The number of benzene rings is 2. The number of hydrogen-bond donors (Lipinski definition) is 0. The fraction of sp³-hybridized carbons (Fsp3) is 0. The number of hydrogen-bond acceptors (Lipinski definition) is 4. The lowest BCUT2D eigenvalue weighted by molar-refractivity contribution is 0.511. The summed E-state index contributed by atoms with van der Waals surface area (Å²) in [6, 6.07) is 17.2. The maximum absolute atomic E-state index is 14.3. The molecule has 0 spiro atoms. The summed E-state index contributed by atoms with van der Waals surface area (Å²) in [6.45, 7) is 0. The predicted molar refractivity (Wildman–Crippen MR) is 99.3 cm³/mol. The van der Waals surface area contributed by atoms with E-state index in [1.807, 2.05) is 34.7 Å². The van der Waals surface area contributed by atoms with E-state index in [0.717, 1.165) is 11.6 Å². The Balaban J connectivity index is 1.68. The van der Waals surface area contributed by atoms with E-state index in [9.17, 15) is 8.78 Å². The highest BCUT2D eigenvalue weighted by molar-refractivity contribution is 5.77. The van der Waals surface area contributed by atoms with Gasteiger partial charge in [-0.3, -0.25) is 4.40 Å². The molecule has 0 aliphatic carbocycles. The molecule has 3 heterocycles. The molecule has 5 nitrogen and oxygen atoms in total. The molecule has 0 aliphatic heterocycles. The molecule has 28 heavy (non-hydrogen) atoms. The monoisotopic (exact) mass is 374 g/mol. The molecule has 0 saturated heterocycles. The number of aromatic nitrogens is 4. The van der Waals surface area contributed by atoms with Gasteiger partial charge in [0.2, 0.25) is 0 Å². The van der Waals surface area contributed by atoms with E-state index < -0.39 is 11.6 Å². The Hall–Kier alpha value is -3.87. The first-order valence-corrected chi connectivity index (χ1v) is 8.51. The third-order valence-corrected chi connectivity index (χ3v) is 4.47. The molecule has 7 heteroatoms. The maximum atomic E-state index is 14.3. The maximum Gasteiger partial charge on any atom is 0.182 e. The van der Waals surface area contributed by atoms with Crippen LogP contribution in [0, 0.1) is 11.6 Å². The van der Waals surface area contributed by atoms with Crippen molar-refractivity contribution in [3.05, 3.63) is 84.9 Å². The lowest BCUT2D eigenvalue weighted by atomic mass is 10.1. The van der Waals surface area contributed by atoms with Crippen molar-refractivity contribution in [2.45, 2.75) is 0 Å². The first kappa shape index (κ1) is 16.3. The van der Waals surface area contributed by atoms with Gasteiger partial charge in [0.15, 0.2) is 35.3 Å². The van der Waals surface area contributed by atoms with E-state index in [2.05, 4.69) is 15.2 Å². The molecule has 0 saturated carbocycles. The Morgan fingerprint density at radius 1 is 0.821 bits per heavy atom. The van der Waals surface area contributed by atoms with Crippen LogP contribution in [0.5, 0.6) is 0 Å². The predicted octanol–water partition coefficient (Wildman–Crippen LogP) is 5.00. The average Bonchev–Trinajstić information content (AvgIpc) is 3.37. The van der Waals surface area contributed by atoms with Gasteiger partial charge in [-0.15, -0.1) is 10.2 Å². The largest absolute Gasteiger partial charge is 0.443 e. The van der Waals surface area contributed by atoms with E-state index in [4.69, 9.17) is 4.42 Å². The minimum atomic E-state index is -0.965. The van der Waals surface area contributed by atoms with Crippen LogP contribution in [0.1, 0.15) is 0 Å². The molecule has 0 bridgehead atoms. The van der Waals surface area contributed by atoms with Crippen LogP contribution in [0.4, 0.5) is 8.78 Å². The van der Waals surface area contributed by atoms with E-state index in [-0.39, 0.29) is 11.3 Å². The van der Waals surface area contributed by atoms with Crippen molar-refractivity contribution >= 4 is 5.65 Å². The molecule has 0 amide bonds. The molecule has 0 N–H and O–H groups in total. The highest BCUT2D eigenvalue weighted by atomic mass is 19.2. The highest BCUT2D eigenvalue weighted by Gasteiger charge is 2.19. The van der Waals surface area contributed by atoms with Crippen LogP contribution in [0.2, 0.25) is 0 Å². The van der Waals surface area contributed by atoms with Crippen molar-refractivity contribution in [3.63, 3.8) is 0 Å². The van der Waals surface area contributed by atoms with Crippen molar-refractivity contribution in [1.29, 1.82) is 0 Å². The van der Waals surface area contributed by atoms with E-state index in [1.54, 1.807) is 18.3 Å². The Labute approximate surface area is 157 Å². The fourth-order valence-electron chi connectivity index (χ4n) is 3.14. The summed E-state index contributed by atoms with van der Waals surface area (Å²) in [5.41, 5.74) is 2.46. The molecule has 2 aromatic carbocycles. The lowest BCUT2D eigenvalue weighted by Crippen LogP contribution is -1.93. The Kier molecular flexibility index (Phi) is 3.72. The summed E-state index contributed by atoms with van der Waals surface area (Å²) in [4.78, 5) is 4.10. The number of pyridine rings is 1. The summed E-state index contributed by atoms with van der Waals surface area (Å²) < 4.78 is 35.3. The number of oxazole rings is 1. The standard InChI is InChI=1S/C21H12F2N4O/c22-16-8-4-7-15(18(16)23)19-20(28-12-24-19)14-9-10-17-25-26-21(27(17)11-14)13-5-2-1-3-6-13/h1-12H. The van der Waals surface area contributed by atoms with Crippen molar-refractivity contribution in [2.75, 3.05) is 0 Å².